The van der Waals surface area contributed by atoms with E-state index < -0.39 is 0 Å². The average Bonchev–Trinajstić information content (AvgIpc) is 2.74. The van der Waals surface area contributed by atoms with E-state index >= 15 is 0 Å². The van der Waals surface area contributed by atoms with E-state index in [0.717, 1.165) is 24.1 Å². The van der Waals surface area contributed by atoms with Gasteiger partial charge in [0.05, 0.1) is 12.0 Å². The number of carbonyl (C=O) groups excluding carboxylic acids is 2. The first kappa shape index (κ1) is 20.1. The second-order valence-electron chi connectivity index (χ2n) is 7.26. The SMILES string of the molecule is CNCCCNC(=O)C1CCC(=O)N(Cc2ccccc2)C1c1ccccc1. The lowest BCUT2D eigenvalue weighted by molar-refractivity contribution is -0.144. The molecule has 5 nitrogen and oxygen atoms in total. The number of hydrogen-bond acceptors (Lipinski definition) is 3. The third-order valence-corrected chi connectivity index (χ3v) is 5.28. The molecule has 0 radical (unpaired) electrons. The topological polar surface area (TPSA) is 61.4 Å². The Bertz CT molecular complexity index is 764. The van der Waals surface area contributed by atoms with Crippen LogP contribution in [0.1, 0.15) is 36.4 Å². The highest BCUT2D eigenvalue weighted by atomic mass is 16.2. The Balaban J connectivity index is 1.84. The molecular formula is C23H29N3O2. The summed E-state index contributed by atoms with van der Waals surface area (Å²) in [6.45, 7) is 2.03. The maximum absolute atomic E-state index is 13.0. The van der Waals surface area contributed by atoms with E-state index in [-0.39, 0.29) is 23.8 Å². The highest BCUT2D eigenvalue weighted by Gasteiger charge is 2.40. The number of likely N-dealkylation sites (tertiary alicyclic amines) is 1. The molecule has 1 aliphatic rings. The summed E-state index contributed by atoms with van der Waals surface area (Å²) >= 11 is 0. The molecule has 28 heavy (non-hydrogen) atoms. The van der Waals surface area contributed by atoms with Crippen LogP contribution in [-0.2, 0) is 16.1 Å². The molecule has 0 bridgehead atoms. The molecule has 0 saturated carbocycles. The van der Waals surface area contributed by atoms with Crippen LogP contribution < -0.4 is 10.6 Å². The molecule has 2 aromatic rings. The highest BCUT2D eigenvalue weighted by molar-refractivity contribution is 5.85. The molecule has 1 fully saturated rings. The van der Waals surface area contributed by atoms with Gasteiger partial charge in [-0.05, 0) is 37.6 Å². The van der Waals surface area contributed by atoms with Gasteiger partial charge in [0, 0.05) is 19.5 Å². The number of nitrogens with one attached hydrogen (secondary N) is 2. The minimum absolute atomic E-state index is 0.0375. The Hall–Kier alpha value is -2.66. The standard InChI is InChI=1S/C23H29N3O2/c1-24-15-8-16-25-23(28)20-13-14-21(27)26(17-18-9-4-2-5-10-18)22(20)19-11-6-3-7-12-19/h2-7,9-12,20,22,24H,8,13-17H2,1H3,(H,25,28). The zero-order chi connectivity index (χ0) is 19.8. The summed E-state index contributed by atoms with van der Waals surface area (Å²) in [7, 11) is 1.90. The summed E-state index contributed by atoms with van der Waals surface area (Å²) < 4.78 is 0. The van der Waals surface area contributed by atoms with Crippen molar-refractivity contribution >= 4 is 11.8 Å². The summed E-state index contributed by atoms with van der Waals surface area (Å²) in [6, 6.07) is 19.7. The second kappa shape index (κ2) is 10.0. The summed E-state index contributed by atoms with van der Waals surface area (Å²) in [5, 5.41) is 6.16. The molecule has 2 N–H and O–H groups in total. The van der Waals surface area contributed by atoms with Crippen LogP contribution in [0.4, 0.5) is 0 Å². The Morgan fingerprint density at radius 3 is 2.39 bits per heavy atom. The van der Waals surface area contributed by atoms with E-state index in [1.54, 1.807) is 0 Å². The van der Waals surface area contributed by atoms with Gasteiger partial charge in [0.2, 0.25) is 11.8 Å². The van der Waals surface area contributed by atoms with Crippen molar-refractivity contribution in [2.24, 2.45) is 5.92 Å². The fourth-order valence-electron chi connectivity index (χ4n) is 3.86. The summed E-state index contributed by atoms with van der Waals surface area (Å²) in [5.74, 6) is -0.0918. The zero-order valence-electron chi connectivity index (χ0n) is 16.4. The number of nitrogens with zero attached hydrogens (tertiary/aromatic N) is 1. The van der Waals surface area contributed by atoms with Crippen molar-refractivity contribution in [3.63, 3.8) is 0 Å². The maximum Gasteiger partial charge on any atom is 0.225 e. The van der Waals surface area contributed by atoms with E-state index in [1.165, 1.54) is 0 Å². The summed E-state index contributed by atoms with van der Waals surface area (Å²) in [4.78, 5) is 27.7. The van der Waals surface area contributed by atoms with Gasteiger partial charge in [0.25, 0.3) is 0 Å². The van der Waals surface area contributed by atoms with Gasteiger partial charge < -0.3 is 15.5 Å². The van der Waals surface area contributed by atoms with E-state index in [2.05, 4.69) is 10.6 Å². The molecule has 3 rings (SSSR count). The Kier molecular flexibility index (Phi) is 7.20. The molecule has 0 aromatic heterocycles. The molecule has 1 saturated heterocycles. The predicted octanol–water partition coefficient (Wildman–Crippen LogP) is 2.89. The molecule has 1 aliphatic heterocycles. The van der Waals surface area contributed by atoms with Crippen molar-refractivity contribution in [3.05, 3.63) is 71.8 Å². The van der Waals surface area contributed by atoms with Crippen molar-refractivity contribution < 1.29 is 9.59 Å². The first-order valence-corrected chi connectivity index (χ1v) is 10.0. The van der Waals surface area contributed by atoms with E-state index in [4.69, 9.17) is 0 Å². The minimum atomic E-state index is -0.244. The molecule has 2 amide bonds. The minimum Gasteiger partial charge on any atom is -0.356 e. The number of amides is 2. The van der Waals surface area contributed by atoms with Gasteiger partial charge in [-0.25, -0.2) is 0 Å². The summed E-state index contributed by atoms with van der Waals surface area (Å²) in [6.07, 6.45) is 1.88. The van der Waals surface area contributed by atoms with Gasteiger partial charge in [-0.3, -0.25) is 9.59 Å². The largest absolute Gasteiger partial charge is 0.356 e. The van der Waals surface area contributed by atoms with Gasteiger partial charge in [0.15, 0.2) is 0 Å². The van der Waals surface area contributed by atoms with Gasteiger partial charge in [-0.1, -0.05) is 60.7 Å². The van der Waals surface area contributed by atoms with Crippen molar-refractivity contribution in [1.82, 2.24) is 15.5 Å². The first-order chi connectivity index (χ1) is 13.7. The fraction of sp³-hybridized carbons (Fsp3) is 0.391. The molecule has 1 heterocycles. The van der Waals surface area contributed by atoms with E-state index in [1.807, 2.05) is 72.6 Å². The monoisotopic (exact) mass is 379 g/mol. The third-order valence-electron chi connectivity index (χ3n) is 5.28. The normalized spacial score (nSPS) is 19.5. The maximum atomic E-state index is 13.0. The predicted molar refractivity (Wildman–Crippen MR) is 110 cm³/mol. The number of hydrogen-bond donors (Lipinski definition) is 2. The third kappa shape index (κ3) is 4.98. The van der Waals surface area contributed by atoms with Gasteiger partial charge in [-0.2, -0.15) is 0 Å². The second-order valence-corrected chi connectivity index (χ2v) is 7.26. The van der Waals surface area contributed by atoms with Gasteiger partial charge in [-0.15, -0.1) is 0 Å². The Morgan fingerprint density at radius 1 is 1.04 bits per heavy atom. The summed E-state index contributed by atoms with van der Waals surface area (Å²) in [5.41, 5.74) is 2.09. The molecule has 5 heteroatoms. The van der Waals surface area contributed by atoms with E-state index in [9.17, 15) is 9.59 Å². The number of piperidine rings is 1. The average molecular weight is 380 g/mol. The lowest BCUT2D eigenvalue weighted by Gasteiger charge is -2.41. The van der Waals surface area contributed by atoms with E-state index in [0.29, 0.717) is 25.9 Å². The number of benzene rings is 2. The molecule has 0 spiro atoms. The smallest absolute Gasteiger partial charge is 0.225 e. The van der Waals surface area contributed by atoms with Crippen molar-refractivity contribution in [2.75, 3.05) is 20.1 Å². The molecule has 0 aliphatic carbocycles. The zero-order valence-corrected chi connectivity index (χ0v) is 16.4. The lowest BCUT2D eigenvalue weighted by atomic mass is 9.83. The highest BCUT2D eigenvalue weighted by Crippen LogP contribution is 2.37. The van der Waals surface area contributed by atoms with Gasteiger partial charge >= 0.3 is 0 Å². The van der Waals surface area contributed by atoms with Crippen LogP contribution in [-0.4, -0.2) is 36.9 Å². The van der Waals surface area contributed by atoms with Crippen LogP contribution in [0.2, 0.25) is 0 Å². The Morgan fingerprint density at radius 2 is 1.71 bits per heavy atom. The number of rotatable bonds is 8. The Labute approximate surface area is 167 Å². The van der Waals surface area contributed by atoms with Crippen LogP contribution in [0.5, 0.6) is 0 Å². The van der Waals surface area contributed by atoms with Crippen molar-refractivity contribution in [3.8, 4) is 0 Å². The van der Waals surface area contributed by atoms with Crippen LogP contribution in [0.25, 0.3) is 0 Å². The van der Waals surface area contributed by atoms with Gasteiger partial charge in [0.1, 0.15) is 0 Å². The van der Waals surface area contributed by atoms with Crippen molar-refractivity contribution in [2.45, 2.75) is 31.8 Å². The molecule has 148 valence electrons. The van der Waals surface area contributed by atoms with Crippen LogP contribution >= 0.6 is 0 Å². The quantitative estimate of drug-likeness (QED) is 0.694. The molecular weight excluding hydrogens is 350 g/mol. The molecule has 2 unspecified atom stereocenters. The van der Waals surface area contributed by atoms with Crippen molar-refractivity contribution in [1.29, 1.82) is 0 Å². The van der Waals surface area contributed by atoms with Crippen LogP contribution in [0, 0.1) is 5.92 Å². The molecule has 2 atom stereocenters. The fourth-order valence-corrected chi connectivity index (χ4v) is 3.86. The van der Waals surface area contributed by atoms with Crippen LogP contribution in [0.15, 0.2) is 60.7 Å². The lowest BCUT2D eigenvalue weighted by Crippen LogP contribution is -2.48. The van der Waals surface area contributed by atoms with Crippen LogP contribution in [0.3, 0.4) is 0 Å². The molecule has 2 aromatic carbocycles. The number of carbonyl (C=O) groups is 2. The first-order valence-electron chi connectivity index (χ1n) is 10.0.